The van der Waals surface area contributed by atoms with Gasteiger partial charge in [-0.15, -0.1) is 11.3 Å². The normalized spacial score (nSPS) is 14.7. The van der Waals surface area contributed by atoms with Crippen molar-refractivity contribution in [3.63, 3.8) is 0 Å². The molecule has 3 aromatic carbocycles. The lowest BCUT2D eigenvalue weighted by Crippen LogP contribution is -2.31. The topological polar surface area (TPSA) is 99.4 Å². The summed E-state index contributed by atoms with van der Waals surface area (Å²) in [5.41, 5.74) is 5.34. The van der Waals surface area contributed by atoms with Gasteiger partial charge in [0.15, 0.2) is 0 Å². The third-order valence-corrected chi connectivity index (χ3v) is 8.31. The summed E-state index contributed by atoms with van der Waals surface area (Å²) in [7, 11) is 0. The fourth-order valence-electron chi connectivity index (χ4n) is 5.16. The van der Waals surface area contributed by atoms with Gasteiger partial charge in [0.25, 0.3) is 0 Å². The second-order valence-corrected chi connectivity index (χ2v) is 11.2. The first-order chi connectivity index (χ1) is 20.9. The highest BCUT2D eigenvalue weighted by Crippen LogP contribution is 2.29. The van der Waals surface area contributed by atoms with E-state index < -0.39 is 17.6 Å². The molecule has 1 atom stereocenters. The van der Waals surface area contributed by atoms with Crippen LogP contribution in [-0.4, -0.2) is 43.3 Å². The Labute approximate surface area is 248 Å². The summed E-state index contributed by atoms with van der Waals surface area (Å²) in [6.07, 6.45) is 0.810. The molecule has 0 bridgehead atoms. The maximum atomic E-state index is 15.5. The van der Waals surface area contributed by atoms with Crippen LogP contribution in [0.2, 0.25) is 0 Å². The fourth-order valence-corrected chi connectivity index (χ4v) is 5.90. The molecule has 8 nitrogen and oxygen atoms in total. The van der Waals surface area contributed by atoms with Crippen LogP contribution in [-0.2, 0) is 24.3 Å². The van der Waals surface area contributed by atoms with Gasteiger partial charge in [-0.3, -0.25) is 0 Å². The summed E-state index contributed by atoms with van der Waals surface area (Å²) in [5.74, 6) is -1.51. The van der Waals surface area contributed by atoms with Gasteiger partial charge in [0, 0.05) is 24.7 Å². The quantitative estimate of drug-likeness (QED) is 0.199. The van der Waals surface area contributed by atoms with E-state index in [-0.39, 0.29) is 41.5 Å². The molecule has 11 heteroatoms. The molecule has 0 amide bonds. The van der Waals surface area contributed by atoms with E-state index in [0.717, 1.165) is 34.3 Å². The van der Waals surface area contributed by atoms with Crippen molar-refractivity contribution in [3.8, 4) is 17.1 Å². The number of imidazole rings is 1. The van der Waals surface area contributed by atoms with Crippen molar-refractivity contribution >= 4 is 38.6 Å². The number of ether oxygens (including phenoxy) is 2. The van der Waals surface area contributed by atoms with Crippen LogP contribution in [0.4, 0.5) is 8.78 Å². The maximum absolute atomic E-state index is 15.5. The van der Waals surface area contributed by atoms with E-state index in [9.17, 15) is 9.90 Å². The van der Waals surface area contributed by atoms with Gasteiger partial charge in [0.2, 0.25) is 5.88 Å². The molecule has 3 aromatic heterocycles. The van der Waals surface area contributed by atoms with E-state index in [0.29, 0.717) is 35.9 Å². The van der Waals surface area contributed by atoms with E-state index in [4.69, 9.17) is 9.47 Å². The molecular formula is C32H24F2N4O4S. The lowest BCUT2D eigenvalue weighted by Gasteiger charge is -2.27. The smallest absolute Gasteiger partial charge is 0.335 e. The molecule has 0 aliphatic carbocycles. The highest BCUT2D eigenvalue weighted by molar-refractivity contribution is 7.16. The molecular weight excluding hydrogens is 574 g/mol. The molecule has 1 aliphatic rings. The van der Waals surface area contributed by atoms with Crippen LogP contribution in [0.15, 0.2) is 72.2 Å². The molecule has 1 unspecified atom stereocenters. The van der Waals surface area contributed by atoms with Crippen LogP contribution in [0.25, 0.3) is 32.5 Å². The van der Waals surface area contributed by atoms with Gasteiger partial charge < -0.3 is 19.1 Å². The number of nitrogens with zero attached hydrogens (tertiary/aromatic N) is 4. The second-order valence-electron chi connectivity index (χ2n) is 10.3. The first-order valence-corrected chi connectivity index (χ1v) is 14.5. The van der Waals surface area contributed by atoms with E-state index in [1.807, 2.05) is 22.8 Å². The van der Waals surface area contributed by atoms with E-state index >= 15 is 8.78 Å². The predicted octanol–water partition coefficient (Wildman–Crippen LogP) is 6.64. The minimum absolute atomic E-state index is 0.00746. The van der Waals surface area contributed by atoms with Crippen molar-refractivity contribution in [2.24, 2.45) is 0 Å². The Morgan fingerprint density at radius 1 is 1.05 bits per heavy atom. The fraction of sp³-hybridized carbons (Fsp3) is 0.188. The minimum atomic E-state index is -1.06. The zero-order valence-electron chi connectivity index (χ0n) is 22.7. The number of thiazole rings is 1. The Morgan fingerprint density at radius 2 is 1.91 bits per heavy atom. The van der Waals surface area contributed by atoms with Gasteiger partial charge in [-0.25, -0.2) is 28.5 Å². The number of hydrogen-bond donors (Lipinski definition) is 1. The Morgan fingerprint density at radius 3 is 2.72 bits per heavy atom. The van der Waals surface area contributed by atoms with Gasteiger partial charge >= 0.3 is 5.97 Å². The maximum Gasteiger partial charge on any atom is 0.335 e. The van der Waals surface area contributed by atoms with Gasteiger partial charge in [0.1, 0.15) is 24.1 Å². The highest BCUT2D eigenvalue weighted by Gasteiger charge is 2.23. The van der Waals surface area contributed by atoms with Crippen LogP contribution >= 0.6 is 11.3 Å². The molecule has 1 aliphatic heterocycles. The number of benzene rings is 3. The number of halogens is 2. The Bertz CT molecular complexity index is 2000. The van der Waals surface area contributed by atoms with Crippen LogP contribution in [0, 0.1) is 11.6 Å². The van der Waals surface area contributed by atoms with E-state index in [1.165, 1.54) is 6.07 Å². The predicted molar refractivity (Wildman–Crippen MR) is 157 cm³/mol. The lowest BCUT2D eigenvalue weighted by atomic mass is 10.0. The average molecular weight is 599 g/mol. The molecule has 1 fully saturated rings. The number of carboxylic acid groups (broad SMARTS) is 1. The summed E-state index contributed by atoms with van der Waals surface area (Å²) in [4.78, 5) is 24.9. The van der Waals surface area contributed by atoms with Gasteiger partial charge in [-0.05, 0) is 66.1 Å². The van der Waals surface area contributed by atoms with Crippen LogP contribution in [0.1, 0.15) is 33.7 Å². The molecule has 6 aromatic rings. The minimum Gasteiger partial charge on any atom is -0.478 e. The Hall–Kier alpha value is -4.74. The summed E-state index contributed by atoms with van der Waals surface area (Å²) in [6.45, 7) is 1.35. The van der Waals surface area contributed by atoms with Crippen LogP contribution < -0.4 is 4.74 Å². The number of fused-ring (bicyclic) bond motifs is 2. The number of pyridine rings is 1. The van der Waals surface area contributed by atoms with Crippen molar-refractivity contribution in [3.05, 3.63) is 106 Å². The SMILES string of the molecule is O=C(O)c1ccc2nc(Cc3cc(F)c(-c4cccc(OCc5ccc6ncsc6c5)n4)cc3F)n(CC3CCO3)c2c1. The molecule has 0 spiro atoms. The van der Waals surface area contributed by atoms with Gasteiger partial charge in [-0.1, -0.05) is 12.1 Å². The van der Waals surface area contributed by atoms with Crippen molar-refractivity contribution < 1.29 is 28.2 Å². The molecule has 1 N–H and O–H groups in total. The first kappa shape index (κ1) is 27.1. The second kappa shape index (κ2) is 11.2. The summed E-state index contributed by atoms with van der Waals surface area (Å²) >= 11 is 1.54. The van der Waals surface area contributed by atoms with E-state index in [1.54, 1.807) is 47.2 Å². The molecule has 0 saturated carbocycles. The molecule has 7 rings (SSSR count). The zero-order valence-corrected chi connectivity index (χ0v) is 23.5. The Kier molecular flexibility index (Phi) is 7.04. The van der Waals surface area contributed by atoms with Crippen molar-refractivity contribution in [1.29, 1.82) is 0 Å². The largest absolute Gasteiger partial charge is 0.478 e. The number of carboxylic acids is 1. The third-order valence-electron chi connectivity index (χ3n) is 7.52. The number of rotatable bonds is 9. The molecule has 43 heavy (non-hydrogen) atoms. The zero-order chi connectivity index (χ0) is 29.5. The molecule has 216 valence electrons. The summed E-state index contributed by atoms with van der Waals surface area (Å²) in [6, 6.07) is 17.8. The van der Waals surface area contributed by atoms with Crippen molar-refractivity contribution in [2.75, 3.05) is 6.61 Å². The number of aromatic carboxylic acids is 1. The monoisotopic (exact) mass is 598 g/mol. The number of carbonyl (C=O) groups is 1. The standard InChI is InChI=1S/C32H24F2N4O4S/c33-23-14-22(25-2-1-3-31(37-25)42-16-18-4-6-27-29(10-18)43-17-35-27)24(34)11-20(23)13-30-36-26-7-5-19(32(39)40)12-28(26)38(30)15-21-8-9-41-21/h1-7,10-12,14,17,21H,8-9,13,15-16H2,(H,39,40). The average Bonchev–Trinajstić information content (AvgIpc) is 3.59. The summed E-state index contributed by atoms with van der Waals surface area (Å²) < 4.78 is 45.3. The number of aromatic nitrogens is 4. The van der Waals surface area contributed by atoms with Crippen molar-refractivity contribution in [2.45, 2.75) is 32.1 Å². The molecule has 1 saturated heterocycles. The highest BCUT2D eigenvalue weighted by atomic mass is 32.1. The van der Waals surface area contributed by atoms with Gasteiger partial charge in [-0.2, -0.15) is 0 Å². The third kappa shape index (κ3) is 5.44. The Balaban J connectivity index is 1.14. The van der Waals surface area contributed by atoms with Crippen molar-refractivity contribution in [1.82, 2.24) is 19.5 Å². The van der Waals surface area contributed by atoms with E-state index in [2.05, 4.69) is 15.0 Å². The van der Waals surface area contributed by atoms with Gasteiger partial charge in [0.05, 0.1) is 50.7 Å². The first-order valence-electron chi connectivity index (χ1n) is 13.7. The number of hydrogen-bond acceptors (Lipinski definition) is 7. The van der Waals surface area contributed by atoms with Crippen LogP contribution in [0.3, 0.4) is 0 Å². The summed E-state index contributed by atoms with van der Waals surface area (Å²) in [5, 5.41) is 9.47. The lowest BCUT2D eigenvalue weighted by molar-refractivity contribution is -0.0589. The molecule has 4 heterocycles. The van der Waals surface area contributed by atoms with Crippen LogP contribution in [0.5, 0.6) is 5.88 Å². The molecule has 0 radical (unpaired) electrons.